The van der Waals surface area contributed by atoms with Crippen LogP contribution in [0.2, 0.25) is 0 Å². The van der Waals surface area contributed by atoms with Crippen molar-refractivity contribution in [2.24, 2.45) is 0 Å². The van der Waals surface area contributed by atoms with Gasteiger partial charge in [0.2, 0.25) is 0 Å². The molecule has 2 rings (SSSR count). The highest BCUT2D eigenvalue weighted by Gasteiger charge is 2.11. The zero-order valence-corrected chi connectivity index (χ0v) is 10.4. The Morgan fingerprint density at radius 3 is 2.56 bits per heavy atom. The molecular weight excluding hydrogens is 196 g/mol. The molecule has 0 aliphatic rings. The van der Waals surface area contributed by atoms with Crippen LogP contribution in [0, 0.1) is 6.92 Å². The first-order chi connectivity index (χ1) is 7.63. The lowest BCUT2D eigenvalue weighted by Crippen LogP contribution is -2.01. The van der Waals surface area contributed by atoms with Crippen molar-refractivity contribution in [3.8, 4) is 0 Å². The Labute approximate surface area is 96.7 Å². The molecule has 0 spiro atoms. The van der Waals surface area contributed by atoms with Gasteiger partial charge in [-0.3, -0.25) is 0 Å². The lowest BCUT2D eigenvalue weighted by molar-refractivity contribution is 0.815. The van der Waals surface area contributed by atoms with Crippen molar-refractivity contribution in [2.75, 3.05) is 0 Å². The van der Waals surface area contributed by atoms with Crippen molar-refractivity contribution in [3.63, 3.8) is 0 Å². The van der Waals surface area contributed by atoms with Gasteiger partial charge in [0.25, 0.3) is 0 Å². The number of fused-ring (bicyclic) bond motifs is 1. The van der Waals surface area contributed by atoms with E-state index in [1.54, 1.807) is 0 Å². The number of nitrogens with zero attached hydrogens (tertiary/aromatic N) is 2. The Hall–Kier alpha value is -1.44. The van der Waals surface area contributed by atoms with E-state index in [2.05, 4.69) is 48.9 Å². The Morgan fingerprint density at radius 1 is 1.19 bits per heavy atom. The van der Waals surface area contributed by atoms with Crippen LogP contribution >= 0.6 is 0 Å². The molecule has 16 heavy (non-hydrogen) atoms. The molecule has 1 aromatic heterocycles. The molecule has 0 atom stereocenters. The Bertz CT molecular complexity index is 515. The summed E-state index contributed by atoms with van der Waals surface area (Å²) in [7, 11) is 0. The van der Waals surface area contributed by atoms with Gasteiger partial charge in [-0.25, -0.2) is 9.97 Å². The van der Waals surface area contributed by atoms with E-state index in [4.69, 9.17) is 0 Å². The average molecular weight is 214 g/mol. The number of hydrogen-bond acceptors (Lipinski definition) is 2. The van der Waals surface area contributed by atoms with Crippen molar-refractivity contribution in [2.45, 2.75) is 40.0 Å². The fourth-order valence-electron chi connectivity index (χ4n) is 2.12. The molecule has 0 radical (unpaired) electrons. The third-order valence-corrected chi connectivity index (χ3v) is 2.88. The van der Waals surface area contributed by atoms with E-state index in [0.29, 0.717) is 5.92 Å². The monoisotopic (exact) mass is 214 g/mol. The molecule has 0 saturated carbocycles. The molecule has 0 bridgehead atoms. The van der Waals surface area contributed by atoms with Crippen LogP contribution in [-0.2, 0) is 6.42 Å². The molecule has 2 aromatic rings. The minimum atomic E-state index is 0.442. The third kappa shape index (κ3) is 1.80. The number of rotatable bonds is 2. The van der Waals surface area contributed by atoms with E-state index < -0.39 is 0 Å². The zero-order chi connectivity index (χ0) is 11.7. The fraction of sp³-hybridized carbons (Fsp3) is 0.429. The summed E-state index contributed by atoms with van der Waals surface area (Å²) in [5, 5.41) is 1.26. The standard InChI is InChI=1S/C14H18N2/c1-5-11-7-6-8-12-13(11)14(9(2)3)16-10(4)15-12/h6-9H,5H2,1-4H3. The molecule has 0 aliphatic carbocycles. The number of aryl methyl sites for hydroxylation is 2. The molecular formula is C14H18N2. The molecule has 0 amide bonds. The van der Waals surface area contributed by atoms with E-state index in [9.17, 15) is 0 Å². The number of benzene rings is 1. The van der Waals surface area contributed by atoms with Crippen molar-refractivity contribution in [3.05, 3.63) is 35.3 Å². The van der Waals surface area contributed by atoms with E-state index in [-0.39, 0.29) is 0 Å². The van der Waals surface area contributed by atoms with Crippen LogP contribution in [0.25, 0.3) is 10.9 Å². The quantitative estimate of drug-likeness (QED) is 0.763. The van der Waals surface area contributed by atoms with Gasteiger partial charge in [0.05, 0.1) is 11.2 Å². The maximum Gasteiger partial charge on any atom is 0.126 e. The zero-order valence-electron chi connectivity index (χ0n) is 10.4. The van der Waals surface area contributed by atoms with Gasteiger partial charge >= 0.3 is 0 Å². The number of hydrogen-bond donors (Lipinski definition) is 0. The lowest BCUT2D eigenvalue weighted by Gasteiger charge is -2.12. The summed E-state index contributed by atoms with van der Waals surface area (Å²) in [6, 6.07) is 6.33. The first kappa shape index (κ1) is 11.1. The van der Waals surface area contributed by atoms with Gasteiger partial charge in [0.15, 0.2) is 0 Å². The second-order valence-corrected chi connectivity index (χ2v) is 4.48. The Morgan fingerprint density at radius 2 is 1.94 bits per heavy atom. The van der Waals surface area contributed by atoms with Gasteiger partial charge in [0, 0.05) is 5.39 Å². The normalized spacial score (nSPS) is 11.3. The minimum Gasteiger partial charge on any atom is -0.237 e. The minimum absolute atomic E-state index is 0.442. The second kappa shape index (κ2) is 4.20. The summed E-state index contributed by atoms with van der Waals surface area (Å²) in [5.41, 5.74) is 3.61. The predicted octanol–water partition coefficient (Wildman–Crippen LogP) is 3.62. The van der Waals surface area contributed by atoms with E-state index in [1.807, 2.05) is 6.92 Å². The van der Waals surface area contributed by atoms with Crippen LogP contribution in [0.1, 0.15) is 43.8 Å². The smallest absolute Gasteiger partial charge is 0.126 e. The SMILES string of the molecule is CCc1cccc2nc(C)nc(C(C)C)c12. The maximum absolute atomic E-state index is 4.60. The molecule has 0 saturated heterocycles. The molecule has 0 N–H and O–H groups in total. The van der Waals surface area contributed by atoms with Crippen LogP contribution < -0.4 is 0 Å². The van der Waals surface area contributed by atoms with E-state index in [0.717, 1.165) is 17.8 Å². The summed E-state index contributed by atoms with van der Waals surface area (Å²) in [6.07, 6.45) is 1.03. The number of aromatic nitrogens is 2. The molecule has 2 heteroatoms. The predicted molar refractivity (Wildman–Crippen MR) is 67.7 cm³/mol. The summed E-state index contributed by atoms with van der Waals surface area (Å²) < 4.78 is 0. The van der Waals surface area contributed by atoms with Crippen LogP contribution in [0.3, 0.4) is 0 Å². The molecule has 1 aromatic carbocycles. The highest BCUT2D eigenvalue weighted by atomic mass is 14.9. The molecule has 0 fully saturated rings. The Kier molecular flexibility index (Phi) is 2.90. The highest BCUT2D eigenvalue weighted by molar-refractivity contribution is 5.85. The third-order valence-electron chi connectivity index (χ3n) is 2.88. The van der Waals surface area contributed by atoms with E-state index in [1.165, 1.54) is 16.6 Å². The molecule has 2 nitrogen and oxygen atoms in total. The van der Waals surface area contributed by atoms with Crippen LogP contribution in [0.15, 0.2) is 18.2 Å². The van der Waals surface area contributed by atoms with Crippen LogP contribution in [0.4, 0.5) is 0 Å². The summed E-state index contributed by atoms with van der Waals surface area (Å²) in [4.78, 5) is 9.11. The Balaban J connectivity index is 2.85. The van der Waals surface area contributed by atoms with Crippen molar-refractivity contribution in [1.29, 1.82) is 0 Å². The summed E-state index contributed by atoms with van der Waals surface area (Å²) in [6.45, 7) is 8.52. The van der Waals surface area contributed by atoms with Gasteiger partial charge in [-0.05, 0) is 30.9 Å². The summed E-state index contributed by atoms with van der Waals surface area (Å²) >= 11 is 0. The fourth-order valence-corrected chi connectivity index (χ4v) is 2.12. The summed E-state index contributed by atoms with van der Waals surface area (Å²) in [5.74, 6) is 1.31. The van der Waals surface area contributed by atoms with Gasteiger partial charge in [-0.15, -0.1) is 0 Å². The van der Waals surface area contributed by atoms with E-state index >= 15 is 0 Å². The van der Waals surface area contributed by atoms with Crippen molar-refractivity contribution < 1.29 is 0 Å². The van der Waals surface area contributed by atoms with Crippen molar-refractivity contribution >= 4 is 10.9 Å². The van der Waals surface area contributed by atoms with Crippen molar-refractivity contribution in [1.82, 2.24) is 9.97 Å². The first-order valence-electron chi connectivity index (χ1n) is 5.89. The largest absolute Gasteiger partial charge is 0.237 e. The van der Waals surface area contributed by atoms with Crippen LogP contribution in [-0.4, -0.2) is 9.97 Å². The second-order valence-electron chi connectivity index (χ2n) is 4.48. The topological polar surface area (TPSA) is 25.8 Å². The van der Waals surface area contributed by atoms with Gasteiger partial charge in [-0.2, -0.15) is 0 Å². The average Bonchev–Trinajstić information content (AvgIpc) is 2.26. The molecule has 0 unspecified atom stereocenters. The van der Waals surface area contributed by atoms with Crippen LogP contribution in [0.5, 0.6) is 0 Å². The van der Waals surface area contributed by atoms with Gasteiger partial charge in [-0.1, -0.05) is 32.9 Å². The van der Waals surface area contributed by atoms with Gasteiger partial charge in [0.1, 0.15) is 5.82 Å². The highest BCUT2D eigenvalue weighted by Crippen LogP contribution is 2.26. The molecule has 84 valence electrons. The first-order valence-corrected chi connectivity index (χ1v) is 5.89. The lowest BCUT2D eigenvalue weighted by atomic mass is 9.99. The molecule has 1 heterocycles. The molecule has 0 aliphatic heterocycles. The maximum atomic E-state index is 4.60. The van der Waals surface area contributed by atoms with Gasteiger partial charge < -0.3 is 0 Å².